The first-order valence-electron chi connectivity index (χ1n) is 6.24. The summed E-state index contributed by atoms with van der Waals surface area (Å²) in [6, 6.07) is 0. The molecule has 0 saturated carbocycles. The molecule has 1 aliphatic heterocycles. The highest BCUT2D eigenvalue weighted by atomic mass is 32.2. The molecule has 1 saturated heterocycles. The number of hydrogen-bond acceptors (Lipinski definition) is 5. The summed E-state index contributed by atoms with van der Waals surface area (Å²) >= 11 is 1.70. The van der Waals surface area contributed by atoms with Gasteiger partial charge in [0.1, 0.15) is 0 Å². The Balaban J connectivity index is 2.06. The fourth-order valence-electron chi connectivity index (χ4n) is 2.49. The van der Waals surface area contributed by atoms with Gasteiger partial charge in [0, 0.05) is 11.3 Å². The number of aryl methyl sites for hydroxylation is 2. The molecule has 1 aromatic rings. The van der Waals surface area contributed by atoms with E-state index in [4.69, 9.17) is 5.73 Å². The number of thiazole rings is 1. The van der Waals surface area contributed by atoms with E-state index < -0.39 is 9.84 Å². The Morgan fingerprint density at radius 2 is 2.22 bits per heavy atom. The van der Waals surface area contributed by atoms with Crippen molar-refractivity contribution in [1.29, 1.82) is 0 Å². The predicted octanol–water partition coefficient (Wildman–Crippen LogP) is 1.31. The van der Waals surface area contributed by atoms with Crippen LogP contribution in [0.3, 0.4) is 0 Å². The maximum atomic E-state index is 11.5. The molecule has 1 aromatic heterocycles. The van der Waals surface area contributed by atoms with Crippen molar-refractivity contribution in [2.24, 2.45) is 17.6 Å². The zero-order chi connectivity index (χ0) is 13.3. The first kappa shape index (κ1) is 14.0. The molecule has 0 spiro atoms. The minimum atomic E-state index is -2.82. The van der Waals surface area contributed by atoms with E-state index in [2.05, 4.69) is 11.9 Å². The molecule has 0 aromatic carbocycles. The van der Waals surface area contributed by atoms with Crippen molar-refractivity contribution in [3.8, 4) is 0 Å². The fraction of sp³-hybridized carbons (Fsp3) is 0.750. The molecule has 0 bridgehead atoms. The van der Waals surface area contributed by atoms with E-state index in [1.54, 1.807) is 11.3 Å². The van der Waals surface area contributed by atoms with Crippen LogP contribution in [0.4, 0.5) is 0 Å². The van der Waals surface area contributed by atoms with Gasteiger partial charge >= 0.3 is 0 Å². The lowest BCUT2D eigenvalue weighted by molar-refractivity contribution is 0.370. The van der Waals surface area contributed by atoms with Crippen LogP contribution in [0.15, 0.2) is 0 Å². The smallest absolute Gasteiger partial charge is 0.150 e. The minimum absolute atomic E-state index is 0.213. The van der Waals surface area contributed by atoms with Crippen molar-refractivity contribution in [2.75, 3.05) is 18.1 Å². The van der Waals surface area contributed by atoms with Crippen LogP contribution in [0.25, 0.3) is 0 Å². The van der Waals surface area contributed by atoms with Crippen LogP contribution >= 0.6 is 11.3 Å². The quantitative estimate of drug-likeness (QED) is 0.906. The Hall–Kier alpha value is -0.460. The summed E-state index contributed by atoms with van der Waals surface area (Å²) in [5.74, 6) is 1.08. The van der Waals surface area contributed by atoms with Gasteiger partial charge in [-0.05, 0) is 38.6 Å². The van der Waals surface area contributed by atoms with E-state index >= 15 is 0 Å². The second kappa shape index (κ2) is 5.27. The van der Waals surface area contributed by atoms with Crippen LogP contribution < -0.4 is 5.73 Å². The SMILES string of the molecule is Cc1nc(CC(CN)C2CCS(=O)(=O)C2)sc1C. The van der Waals surface area contributed by atoms with Crippen molar-refractivity contribution in [2.45, 2.75) is 26.7 Å². The maximum absolute atomic E-state index is 11.5. The van der Waals surface area contributed by atoms with Gasteiger partial charge in [0.2, 0.25) is 0 Å². The van der Waals surface area contributed by atoms with Gasteiger partial charge in [0.05, 0.1) is 22.2 Å². The van der Waals surface area contributed by atoms with E-state index in [0.29, 0.717) is 18.1 Å². The Labute approximate surface area is 113 Å². The third kappa shape index (κ3) is 3.10. The first-order chi connectivity index (χ1) is 8.41. The third-order valence-electron chi connectivity index (χ3n) is 3.75. The van der Waals surface area contributed by atoms with Gasteiger partial charge in [-0.15, -0.1) is 11.3 Å². The highest BCUT2D eigenvalue weighted by Crippen LogP contribution is 2.29. The van der Waals surface area contributed by atoms with E-state index in [1.165, 1.54) is 4.88 Å². The van der Waals surface area contributed by atoms with Crippen molar-refractivity contribution >= 4 is 21.2 Å². The van der Waals surface area contributed by atoms with Crippen molar-refractivity contribution < 1.29 is 8.42 Å². The molecule has 2 atom stereocenters. The molecule has 2 unspecified atom stereocenters. The average Bonchev–Trinajstić information content (AvgIpc) is 2.79. The lowest BCUT2D eigenvalue weighted by Gasteiger charge is -2.19. The second-order valence-electron chi connectivity index (χ2n) is 5.11. The lowest BCUT2D eigenvalue weighted by Crippen LogP contribution is -2.26. The number of nitrogens with zero attached hydrogens (tertiary/aromatic N) is 1. The third-order valence-corrected chi connectivity index (χ3v) is 6.64. The molecule has 2 heterocycles. The lowest BCUT2D eigenvalue weighted by atomic mass is 9.89. The highest BCUT2D eigenvalue weighted by Gasteiger charge is 2.33. The molecule has 2 N–H and O–H groups in total. The summed E-state index contributed by atoms with van der Waals surface area (Å²) in [6.45, 7) is 4.61. The van der Waals surface area contributed by atoms with Crippen LogP contribution in [0.2, 0.25) is 0 Å². The van der Waals surface area contributed by atoms with Gasteiger partial charge in [-0.3, -0.25) is 0 Å². The standard InChI is InChI=1S/C12H20N2O2S2/c1-8-9(2)17-12(14-8)5-11(6-13)10-3-4-18(15,16)7-10/h10-11H,3-7,13H2,1-2H3. The van der Waals surface area contributed by atoms with Gasteiger partial charge in [-0.2, -0.15) is 0 Å². The van der Waals surface area contributed by atoms with Gasteiger partial charge in [-0.1, -0.05) is 0 Å². The Kier molecular flexibility index (Phi) is 4.08. The molecule has 0 amide bonds. The zero-order valence-corrected chi connectivity index (χ0v) is 12.5. The molecule has 4 nitrogen and oxygen atoms in total. The summed E-state index contributed by atoms with van der Waals surface area (Å²) in [7, 11) is -2.82. The van der Waals surface area contributed by atoms with Gasteiger partial charge < -0.3 is 5.73 Å². The largest absolute Gasteiger partial charge is 0.330 e. The number of rotatable bonds is 4. The van der Waals surface area contributed by atoms with E-state index in [9.17, 15) is 8.42 Å². The molecule has 6 heteroatoms. The van der Waals surface area contributed by atoms with Crippen molar-refractivity contribution in [1.82, 2.24) is 4.98 Å². The van der Waals surface area contributed by atoms with Crippen molar-refractivity contribution in [3.63, 3.8) is 0 Å². The van der Waals surface area contributed by atoms with Gasteiger partial charge in [0.15, 0.2) is 9.84 Å². The summed E-state index contributed by atoms with van der Waals surface area (Å²) in [4.78, 5) is 5.76. The molecule has 1 fully saturated rings. The molecule has 0 radical (unpaired) electrons. The van der Waals surface area contributed by atoms with Gasteiger partial charge in [0.25, 0.3) is 0 Å². The normalized spacial score (nSPS) is 24.3. The Bertz CT molecular complexity index is 503. The summed E-state index contributed by atoms with van der Waals surface area (Å²) in [5.41, 5.74) is 6.89. The predicted molar refractivity (Wildman–Crippen MR) is 74.6 cm³/mol. The summed E-state index contributed by atoms with van der Waals surface area (Å²) < 4.78 is 23.0. The molecular formula is C12H20N2O2S2. The summed E-state index contributed by atoms with van der Waals surface area (Å²) in [6.07, 6.45) is 1.57. The Morgan fingerprint density at radius 3 is 2.67 bits per heavy atom. The topological polar surface area (TPSA) is 73.0 Å². The minimum Gasteiger partial charge on any atom is -0.330 e. The highest BCUT2D eigenvalue weighted by molar-refractivity contribution is 7.91. The van der Waals surface area contributed by atoms with Gasteiger partial charge in [-0.25, -0.2) is 13.4 Å². The van der Waals surface area contributed by atoms with E-state index in [0.717, 1.165) is 23.5 Å². The molecule has 1 aliphatic rings. The first-order valence-corrected chi connectivity index (χ1v) is 8.88. The molecule has 2 rings (SSSR count). The van der Waals surface area contributed by atoms with Crippen LogP contribution in [0.5, 0.6) is 0 Å². The molecule has 18 heavy (non-hydrogen) atoms. The van der Waals surface area contributed by atoms with E-state index in [1.807, 2.05) is 6.92 Å². The number of aromatic nitrogens is 1. The molecule has 0 aliphatic carbocycles. The van der Waals surface area contributed by atoms with Crippen LogP contribution in [-0.2, 0) is 16.3 Å². The van der Waals surface area contributed by atoms with Crippen molar-refractivity contribution in [3.05, 3.63) is 15.6 Å². The molecule has 102 valence electrons. The van der Waals surface area contributed by atoms with Crippen LogP contribution in [-0.4, -0.2) is 31.5 Å². The zero-order valence-electron chi connectivity index (χ0n) is 10.8. The monoisotopic (exact) mass is 288 g/mol. The average molecular weight is 288 g/mol. The second-order valence-corrected chi connectivity index (χ2v) is 8.63. The maximum Gasteiger partial charge on any atom is 0.150 e. The fourth-order valence-corrected chi connectivity index (χ4v) is 5.44. The number of hydrogen-bond donors (Lipinski definition) is 1. The number of nitrogens with two attached hydrogens (primary N) is 1. The number of sulfone groups is 1. The van der Waals surface area contributed by atoms with E-state index in [-0.39, 0.29) is 11.8 Å². The molecular weight excluding hydrogens is 268 g/mol. The summed E-state index contributed by atoms with van der Waals surface area (Å²) in [5, 5.41) is 1.09. The van der Waals surface area contributed by atoms with Crippen LogP contribution in [0, 0.1) is 25.7 Å². The van der Waals surface area contributed by atoms with Crippen LogP contribution in [0.1, 0.15) is 22.0 Å². The Morgan fingerprint density at radius 1 is 1.50 bits per heavy atom.